The van der Waals surface area contributed by atoms with Crippen LogP contribution in [-0.2, 0) is 24.6 Å². The summed E-state index contributed by atoms with van der Waals surface area (Å²) in [5, 5.41) is 12.5. The molecule has 3 aliphatic carbocycles. The maximum absolute atomic E-state index is 15.5. The number of Topliss-reactive ketones (excluding diaryl/α,β-unsaturated/α-hetero) is 1. The first-order chi connectivity index (χ1) is 30.2. The Morgan fingerprint density at radius 3 is 2.15 bits per heavy atom. The minimum Gasteiger partial charge on any atom is -0.507 e. The van der Waals surface area contributed by atoms with Gasteiger partial charge < -0.3 is 14.6 Å². The maximum atomic E-state index is 15.5. The lowest BCUT2D eigenvalue weighted by Crippen LogP contribution is -2.58. The molecule has 62 heavy (non-hydrogen) atoms. The number of phenols is 1. The molecule has 6 atom stereocenters. The number of methoxy groups -OCH3 is 2. The molecule has 8 nitrogen and oxygen atoms in total. The Kier molecular flexibility index (Phi) is 9.59. The molecule has 0 spiro atoms. The molecule has 1 aliphatic heterocycles. The van der Waals surface area contributed by atoms with Crippen LogP contribution in [0.25, 0.3) is 28.5 Å². The Labute approximate surface area is 359 Å². The lowest BCUT2D eigenvalue weighted by molar-refractivity contribution is -0.134. The summed E-state index contributed by atoms with van der Waals surface area (Å²) in [6.45, 7) is 0. The zero-order valence-corrected chi connectivity index (χ0v) is 34.2. The third-order valence-electron chi connectivity index (χ3n) is 13.7. The number of ether oxygens (including phenoxy) is 2. The van der Waals surface area contributed by atoms with Crippen molar-refractivity contribution < 1.29 is 33.8 Å². The normalized spacial score (nSPS) is 24.4. The van der Waals surface area contributed by atoms with Crippen molar-refractivity contribution in [2.45, 2.75) is 24.2 Å². The van der Waals surface area contributed by atoms with Crippen molar-refractivity contribution in [3.05, 3.63) is 185 Å². The summed E-state index contributed by atoms with van der Waals surface area (Å²) in [7, 11) is 3.22. The summed E-state index contributed by atoms with van der Waals surface area (Å²) >= 11 is 0. The number of fused-ring (bicyclic) bond motifs is 5. The number of ketones is 2. The molecule has 0 radical (unpaired) electrons. The number of amides is 2. The highest BCUT2D eigenvalue weighted by Gasteiger charge is 2.66. The van der Waals surface area contributed by atoms with Gasteiger partial charge in [-0.3, -0.25) is 24.1 Å². The number of hydrogen-bond acceptors (Lipinski definition) is 7. The Bertz CT molecular complexity index is 2900. The van der Waals surface area contributed by atoms with Crippen molar-refractivity contribution in [2.75, 3.05) is 19.1 Å². The molecule has 1 saturated carbocycles. The number of imide groups is 1. The van der Waals surface area contributed by atoms with Gasteiger partial charge >= 0.3 is 0 Å². The van der Waals surface area contributed by atoms with Gasteiger partial charge in [0, 0.05) is 28.4 Å². The SMILES string of the molecule is COc1ccc(OC)c(C=Cc2ccc(N3C(=O)[C@H]4[C@H](CC=C5[C@H]4C[C@H]4C(=O)C(c6ccccc6)=CC(=O)[C@@]4(c4ccccc4)[C@H]5c4ccc(O)c5ccccc45)C3=O)cc2)c1. The Morgan fingerprint density at radius 1 is 0.710 bits per heavy atom. The van der Waals surface area contributed by atoms with Crippen molar-refractivity contribution in [3.8, 4) is 17.2 Å². The Hall–Kier alpha value is -7.32. The van der Waals surface area contributed by atoms with Crippen LogP contribution in [0.3, 0.4) is 0 Å². The summed E-state index contributed by atoms with van der Waals surface area (Å²) in [6, 6.07) is 42.7. The molecule has 8 heteroatoms. The van der Waals surface area contributed by atoms with E-state index in [2.05, 4.69) is 6.08 Å². The average Bonchev–Trinajstić information content (AvgIpc) is 3.58. The molecule has 2 amide bonds. The number of nitrogens with zero attached hydrogens (tertiary/aromatic N) is 1. The highest BCUT2D eigenvalue weighted by molar-refractivity contribution is 6.32. The fraction of sp³-hybridized carbons (Fsp3) is 0.185. The second-order valence-corrected chi connectivity index (χ2v) is 16.6. The van der Waals surface area contributed by atoms with Crippen LogP contribution < -0.4 is 14.4 Å². The van der Waals surface area contributed by atoms with Crippen molar-refractivity contribution >= 4 is 57.6 Å². The molecule has 4 aliphatic rings. The number of anilines is 1. The van der Waals surface area contributed by atoms with Crippen LogP contribution >= 0.6 is 0 Å². The van der Waals surface area contributed by atoms with Crippen LogP contribution in [0.15, 0.2) is 157 Å². The monoisotopic (exact) mass is 817 g/mol. The van der Waals surface area contributed by atoms with Gasteiger partial charge in [0.2, 0.25) is 11.8 Å². The van der Waals surface area contributed by atoms with Crippen LogP contribution in [0.2, 0.25) is 0 Å². The topological polar surface area (TPSA) is 110 Å². The van der Waals surface area contributed by atoms with E-state index < -0.39 is 35.0 Å². The first-order valence-corrected chi connectivity index (χ1v) is 20.9. The molecular weight excluding hydrogens is 775 g/mol. The van der Waals surface area contributed by atoms with Gasteiger partial charge in [0.05, 0.1) is 37.2 Å². The third-order valence-corrected chi connectivity index (χ3v) is 13.7. The molecule has 0 bridgehead atoms. The van der Waals surface area contributed by atoms with Crippen molar-refractivity contribution in [3.63, 3.8) is 0 Å². The summed E-state index contributed by atoms with van der Waals surface area (Å²) < 4.78 is 10.9. The van der Waals surface area contributed by atoms with Gasteiger partial charge in [-0.15, -0.1) is 0 Å². The summed E-state index contributed by atoms with van der Waals surface area (Å²) in [5.41, 5.74) is 4.15. The smallest absolute Gasteiger partial charge is 0.238 e. The van der Waals surface area contributed by atoms with Crippen molar-refractivity contribution in [2.24, 2.45) is 23.7 Å². The predicted octanol–water partition coefficient (Wildman–Crippen LogP) is 9.76. The summed E-state index contributed by atoms with van der Waals surface area (Å²) in [6.07, 6.45) is 7.96. The quantitative estimate of drug-likeness (QED) is 0.0926. The van der Waals surface area contributed by atoms with E-state index in [1.54, 1.807) is 32.4 Å². The second-order valence-electron chi connectivity index (χ2n) is 16.6. The largest absolute Gasteiger partial charge is 0.507 e. The van der Waals surface area contributed by atoms with Gasteiger partial charge in [-0.1, -0.05) is 127 Å². The van der Waals surface area contributed by atoms with Gasteiger partial charge in [-0.2, -0.15) is 0 Å². The van der Waals surface area contributed by atoms with Crippen LogP contribution in [0.1, 0.15) is 46.6 Å². The number of phenolic OH excluding ortho intramolecular Hbond substituents is 1. The highest BCUT2D eigenvalue weighted by atomic mass is 16.5. The molecular formula is C54H43NO7. The summed E-state index contributed by atoms with van der Waals surface area (Å²) in [4.78, 5) is 61.7. The zero-order chi connectivity index (χ0) is 42.7. The first kappa shape index (κ1) is 38.9. The second kappa shape index (κ2) is 15.3. The molecule has 0 unspecified atom stereocenters. The van der Waals surface area contributed by atoms with E-state index in [9.17, 15) is 9.90 Å². The van der Waals surface area contributed by atoms with E-state index in [1.165, 1.54) is 11.0 Å². The fourth-order valence-electron chi connectivity index (χ4n) is 10.9. The zero-order valence-electron chi connectivity index (χ0n) is 34.2. The van der Waals surface area contributed by atoms with Gasteiger partial charge in [0.1, 0.15) is 17.2 Å². The minimum absolute atomic E-state index is 0.103. The number of benzene rings is 6. The number of hydrogen-bond donors (Lipinski definition) is 1. The standard InChI is InChI=1S/C54H43NO7/c1-61-37-23-28-47(62-2)34(29-37)20-17-32-18-21-36(22-19-32)55-52(59)42-25-24-41-44(49(42)53(55)60)30-45-51(58)43(33-11-5-3-6-12-33)31-48(57)54(45,35-13-7-4-8-14-35)50(41)40-26-27-46(56)39-16-10-9-15-38(39)40/h3-24,26-29,31,42,44-45,49-50,56H,25,30H2,1-2H3/t42-,44+,45-,49-,50-,54-/m0/s1. The molecule has 10 rings (SSSR count). The van der Waals surface area contributed by atoms with E-state index in [4.69, 9.17) is 9.47 Å². The number of rotatable bonds is 8. The van der Waals surface area contributed by atoms with E-state index in [-0.39, 0.29) is 35.6 Å². The molecule has 2 fully saturated rings. The Balaban J connectivity index is 1.09. The van der Waals surface area contributed by atoms with E-state index in [0.717, 1.165) is 27.6 Å². The molecule has 1 saturated heterocycles. The van der Waals surface area contributed by atoms with Crippen molar-refractivity contribution in [1.29, 1.82) is 0 Å². The minimum atomic E-state index is -1.38. The predicted molar refractivity (Wildman–Crippen MR) is 240 cm³/mol. The summed E-state index contributed by atoms with van der Waals surface area (Å²) in [5.74, 6) is -2.94. The van der Waals surface area contributed by atoms with Crippen LogP contribution in [0.5, 0.6) is 17.2 Å². The van der Waals surface area contributed by atoms with Crippen LogP contribution in [-0.4, -0.2) is 42.7 Å². The van der Waals surface area contributed by atoms with E-state index in [1.807, 2.05) is 133 Å². The molecule has 6 aromatic rings. The van der Waals surface area contributed by atoms with Gasteiger partial charge in [0.25, 0.3) is 0 Å². The first-order valence-electron chi connectivity index (χ1n) is 20.9. The van der Waals surface area contributed by atoms with Crippen LogP contribution in [0.4, 0.5) is 5.69 Å². The number of carbonyl (C=O) groups excluding carboxylic acids is 4. The molecule has 0 aromatic heterocycles. The lowest BCUT2D eigenvalue weighted by atomic mass is 9.44. The van der Waals surface area contributed by atoms with Gasteiger partial charge in [-0.25, -0.2) is 0 Å². The molecule has 1 heterocycles. The molecule has 1 N–H and O–H groups in total. The average molecular weight is 818 g/mol. The fourth-order valence-corrected chi connectivity index (χ4v) is 10.9. The highest BCUT2D eigenvalue weighted by Crippen LogP contribution is 2.64. The van der Waals surface area contributed by atoms with Gasteiger partial charge in [-0.05, 0) is 88.9 Å². The van der Waals surface area contributed by atoms with Gasteiger partial charge in [0.15, 0.2) is 11.6 Å². The van der Waals surface area contributed by atoms with E-state index >= 15 is 14.4 Å². The number of aromatic hydroxyl groups is 1. The third kappa shape index (κ3) is 5.96. The van der Waals surface area contributed by atoms with Crippen molar-refractivity contribution in [1.82, 2.24) is 0 Å². The Morgan fingerprint density at radius 2 is 1.42 bits per heavy atom. The maximum Gasteiger partial charge on any atom is 0.238 e. The number of allylic oxidation sites excluding steroid dienone is 4. The number of carbonyl (C=O) groups is 4. The lowest BCUT2D eigenvalue weighted by Gasteiger charge is -2.55. The molecule has 306 valence electrons. The molecule has 6 aromatic carbocycles. The van der Waals surface area contributed by atoms with E-state index in [0.29, 0.717) is 45.7 Å². The van der Waals surface area contributed by atoms with Crippen LogP contribution in [0, 0.1) is 23.7 Å².